The summed E-state index contributed by atoms with van der Waals surface area (Å²) in [6, 6.07) is 6.51. The molecule has 9 nitrogen and oxygen atoms in total. The Labute approximate surface area is 267 Å². The third-order valence-corrected chi connectivity index (χ3v) is 8.24. The van der Waals surface area contributed by atoms with Gasteiger partial charge in [0, 0.05) is 24.7 Å². The average molecular weight is 657 g/mol. The van der Waals surface area contributed by atoms with E-state index in [2.05, 4.69) is 33.0 Å². The molecular weight excluding hydrogens is 623 g/mol. The number of amides is 3. The molecule has 2 aromatic heterocycles. The normalized spacial score (nSPS) is 14.2. The minimum Gasteiger partial charge on any atom is -0.352 e. The van der Waals surface area contributed by atoms with Gasteiger partial charge in [0.05, 0.1) is 17.8 Å². The van der Waals surface area contributed by atoms with Crippen molar-refractivity contribution in [3.05, 3.63) is 99.0 Å². The van der Waals surface area contributed by atoms with Crippen molar-refractivity contribution < 1.29 is 36.3 Å². The van der Waals surface area contributed by atoms with Crippen molar-refractivity contribution in [3.8, 4) is 0 Å². The van der Waals surface area contributed by atoms with Crippen molar-refractivity contribution in [2.45, 2.75) is 71.1 Å². The number of benzene rings is 2. The number of carbonyl (C=O) groups is 3. The molecule has 3 amide bonds. The minimum atomic E-state index is -4.93. The van der Waals surface area contributed by atoms with E-state index in [9.17, 15) is 36.3 Å². The molecule has 5 rings (SSSR count). The highest BCUT2D eigenvalue weighted by atomic mass is 19.4. The van der Waals surface area contributed by atoms with Gasteiger partial charge in [0.2, 0.25) is 0 Å². The van der Waals surface area contributed by atoms with Crippen LogP contribution in [0.25, 0.3) is 5.65 Å². The van der Waals surface area contributed by atoms with Gasteiger partial charge in [-0.05, 0) is 66.6 Å². The van der Waals surface area contributed by atoms with Gasteiger partial charge < -0.3 is 16.0 Å². The number of halogens is 5. The zero-order chi connectivity index (χ0) is 33.9. The molecule has 2 aromatic carbocycles. The Bertz CT molecular complexity index is 1840. The lowest BCUT2D eigenvalue weighted by Gasteiger charge is -2.17. The number of unbranched alkanes of at least 4 members (excludes halogenated alkanes) is 3. The molecule has 14 heteroatoms. The number of hydrogen-bond donors (Lipinski definition) is 3. The van der Waals surface area contributed by atoms with Gasteiger partial charge in [0.15, 0.2) is 11.5 Å². The number of nitrogens with one attached hydrogen (secondary N) is 3. The fourth-order valence-corrected chi connectivity index (χ4v) is 5.74. The Morgan fingerprint density at radius 2 is 1.74 bits per heavy atom. The van der Waals surface area contributed by atoms with Crippen LogP contribution in [0.3, 0.4) is 0 Å². The molecule has 1 atom stereocenters. The Morgan fingerprint density at radius 1 is 0.957 bits per heavy atom. The maximum Gasteiger partial charge on any atom is 0.419 e. The van der Waals surface area contributed by atoms with Gasteiger partial charge in [-0.25, -0.2) is 18.3 Å². The van der Waals surface area contributed by atoms with Crippen molar-refractivity contribution in [1.82, 2.24) is 30.5 Å². The summed E-state index contributed by atoms with van der Waals surface area (Å²) < 4.78 is 68.5. The molecule has 47 heavy (non-hydrogen) atoms. The molecule has 0 unspecified atom stereocenters. The third-order valence-electron chi connectivity index (χ3n) is 8.24. The highest BCUT2D eigenvalue weighted by molar-refractivity contribution is 5.99. The van der Waals surface area contributed by atoms with Gasteiger partial charge in [-0.2, -0.15) is 18.3 Å². The molecule has 0 fully saturated rings. The van der Waals surface area contributed by atoms with Crippen molar-refractivity contribution >= 4 is 23.4 Å². The Kier molecular flexibility index (Phi) is 9.87. The number of nitrogens with zero attached hydrogens (tertiary/aromatic N) is 3. The Morgan fingerprint density at radius 3 is 2.49 bits per heavy atom. The highest BCUT2D eigenvalue weighted by Crippen LogP contribution is 2.35. The van der Waals surface area contributed by atoms with E-state index >= 15 is 0 Å². The largest absolute Gasteiger partial charge is 0.419 e. The summed E-state index contributed by atoms with van der Waals surface area (Å²) in [7, 11) is 0. The topological polar surface area (TPSA) is 117 Å². The summed E-state index contributed by atoms with van der Waals surface area (Å²) in [5.74, 6) is -4.09. The molecule has 2 heterocycles. The summed E-state index contributed by atoms with van der Waals surface area (Å²) in [4.78, 5) is 43.3. The van der Waals surface area contributed by atoms with Gasteiger partial charge in [0.25, 0.3) is 17.7 Å². The van der Waals surface area contributed by atoms with E-state index in [1.807, 2.05) is 6.92 Å². The molecule has 3 N–H and O–H groups in total. The van der Waals surface area contributed by atoms with Crippen molar-refractivity contribution in [2.24, 2.45) is 0 Å². The summed E-state index contributed by atoms with van der Waals surface area (Å²) in [6.45, 7) is 4.16. The predicted molar refractivity (Wildman–Crippen MR) is 162 cm³/mol. The summed E-state index contributed by atoms with van der Waals surface area (Å²) >= 11 is 0. The SMILES string of the molecule is CCCCCCNC(=O)c1ccc2c(c1C)CC[C@@H]2NC(=O)c1cc(C(=O)NCc2ccc(F)c(C(F)(F)F)c2)nc2c(F)cnn12. The first-order valence-corrected chi connectivity index (χ1v) is 15.3. The van der Waals surface area contributed by atoms with Gasteiger partial charge in [-0.3, -0.25) is 14.4 Å². The molecule has 0 spiro atoms. The van der Waals surface area contributed by atoms with Crippen molar-refractivity contribution in [2.75, 3.05) is 6.54 Å². The minimum absolute atomic E-state index is 0.0375. The lowest BCUT2D eigenvalue weighted by Crippen LogP contribution is -2.31. The van der Waals surface area contributed by atoms with Gasteiger partial charge in [-0.15, -0.1) is 0 Å². The van der Waals surface area contributed by atoms with Crippen molar-refractivity contribution in [3.63, 3.8) is 0 Å². The van der Waals surface area contributed by atoms with Gasteiger partial charge >= 0.3 is 6.18 Å². The molecule has 0 saturated carbocycles. The average Bonchev–Trinajstić information content (AvgIpc) is 3.62. The number of carbonyl (C=O) groups excluding carboxylic acids is 3. The summed E-state index contributed by atoms with van der Waals surface area (Å²) in [5, 5.41) is 12.1. The van der Waals surface area contributed by atoms with Gasteiger partial charge in [0.1, 0.15) is 17.2 Å². The maximum absolute atomic E-state index is 14.6. The van der Waals surface area contributed by atoms with Crippen LogP contribution in [0.15, 0.2) is 42.6 Å². The molecule has 248 valence electrons. The lowest BCUT2D eigenvalue weighted by atomic mass is 9.97. The predicted octanol–water partition coefficient (Wildman–Crippen LogP) is 5.99. The van der Waals surface area contributed by atoms with E-state index in [-0.39, 0.29) is 22.9 Å². The second kappa shape index (κ2) is 13.9. The first kappa shape index (κ1) is 33.5. The Hall–Kier alpha value is -4.88. The highest BCUT2D eigenvalue weighted by Gasteiger charge is 2.34. The summed E-state index contributed by atoms with van der Waals surface area (Å²) in [5.41, 5.74) is 0.679. The van der Waals surface area contributed by atoms with Crippen LogP contribution >= 0.6 is 0 Å². The van der Waals surface area contributed by atoms with E-state index in [1.165, 1.54) is 0 Å². The molecule has 0 aliphatic heterocycles. The van der Waals surface area contributed by atoms with Crippen LogP contribution in [0.4, 0.5) is 22.0 Å². The van der Waals surface area contributed by atoms with Crippen LogP contribution in [0.5, 0.6) is 0 Å². The number of rotatable bonds is 11. The van der Waals surface area contributed by atoms with Crippen LogP contribution in [-0.2, 0) is 19.1 Å². The number of fused-ring (bicyclic) bond motifs is 2. The number of alkyl halides is 3. The van der Waals surface area contributed by atoms with Crippen molar-refractivity contribution in [1.29, 1.82) is 0 Å². The van der Waals surface area contributed by atoms with Crippen LogP contribution < -0.4 is 16.0 Å². The molecule has 1 aliphatic rings. The lowest BCUT2D eigenvalue weighted by molar-refractivity contribution is -0.140. The molecule has 4 aromatic rings. The van der Waals surface area contributed by atoms with Crippen LogP contribution in [0, 0.1) is 18.6 Å². The molecule has 0 saturated heterocycles. The zero-order valence-electron chi connectivity index (χ0n) is 25.7. The van der Waals surface area contributed by atoms with E-state index in [0.29, 0.717) is 37.1 Å². The fraction of sp³-hybridized carbons (Fsp3) is 0.364. The monoisotopic (exact) mass is 656 g/mol. The van der Waals surface area contributed by atoms with E-state index in [4.69, 9.17) is 0 Å². The van der Waals surface area contributed by atoms with E-state index in [0.717, 1.165) is 65.2 Å². The van der Waals surface area contributed by atoms with Crippen LogP contribution in [0.1, 0.15) is 104 Å². The zero-order valence-corrected chi connectivity index (χ0v) is 25.7. The van der Waals surface area contributed by atoms with E-state index in [1.54, 1.807) is 12.1 Å². The number of hydrogen-bond acceptors (Lipinski definition) is 5. The second-order valence-corrected chi connectivity index (χ2v) is 11.4. The first-order chi connectivity index (χ1) is 22.4. The number of aromatic nitrogens is 3. The van der Waals surface area contributed by atoms with Crippen LogP contribution in [0.2, 0.25) is 0 Å². The Balaban J connectivity index is 1.32. The van der Waals surface area contributed by atoms with E-state index < -0.39 is 53.4 Å². The quantitative estimate of drug-likeness (QED) is 0.135. The second-order valence-electron chi connectivity index (χ2n) is 11.4. The smallest absolute Gasteiger partial charge is 0.352 e. The molecule has 1 aliphatic carbocycles. The summed E-state index contributed by atoms with van der Waals surface area (Å²) in [6.07, 6.45) is 1.22. The first-order valence-electron chi connectivity index (χ1n) is 15.3. The van der Waals surface area contributed by atoms with Gasteiger partial charge in [-0.1, -0.05) is 38.3 Å². The standard InChI is InChI=1S/C33H33F5N6O3/c1-3-4-5-6-13-39-30(45)21-8-9-22-20(18(21)2)10-12-26(22)43-32(47)28-15-27(42-29-25(35)17-41-44(28)29)31(46)40-16-19-7-11-24(34)23(14-19)33(36,37)38/h7-9,11,14-15,17,26H,3-6,10,12-13,16H2,1-2H3,(H,39,45)(H,40,46)(H,43,47)/t26-/m0/s1. The maximum atomic E-state index is 14.6. The van der Waals surface area contributed by atoms with Crippen LogP contribution in [-0.4, -0.2) is 38.9 Å². The molecular formula is C33H33F5N6O3. The third kappa shape index (κ3) is 7.26. The fourth-order valence-electron chi connectivity index (χ4n) is 5.74. The molecule has 0 bridgehead atoms. The molecule has 0 radical (unpaired) electrons.